The van der Waals surface area contributed by atoms with Crippen LogP contribution in [0, 0.1) is 0 Å². The van der Waals surface area contributed by atoms with Gasteiger partial charge in [-0.05, 0) is 37.4 Å². The van der Waals surface area contributed by atoms with E-state index in [4.69, 9.17) is 0 Å². The highest BCUT2D eigenvalue weighted by molar-refractivity contribution is 7.91. The Morgan fingerprint density at radius 3 is 2.82 bits per heavy atom. The molecule has 2 rings (SSSR count). The maximum absolute atomic E-state index is 12.1. The fourth-order valence-corrected chi connectivity index (χ4v) is 4.65. The highest BCUT2D eigenvalue weighted by Gasteiger charge is 2.34. The molecule has 0 aromatic heterocycles. The van der Waals surface area contributed by atoms with Gasteiger partial charge in [0, 0.05) is 6.04 Å². The van der Waals surface area contributed by atoms with Crippen molar-refractivity contribution in [3.05, 3.63) is 29.3 Å². The van der Waals surface area contributed by atoms with Crippen molar-refractivity contribution in [3.63, 3.8) is 0 Å². The molecule has 3 nitrogen and oxygen atoms in total. The van der Waals surface area contributed by atoms with Crippen molar-refractivity contribution in [2.45, 2.75) is 37.1 Å². The molecule has 4 heteroatoms. The molecule has 0 saturated carbocycles. The smallest absolute Gasteiger partial charge is 0.179 e. The van der Waals surface area contributed by atoms with Gasteiger partial charge in [-0.3, -0.25) is 0 Å². The van der Waals surface area contributed by atoms with Crippen LogP contribution in [-0.2, 0) is 16.3 Å². The second kappa shape index (κ2) is 4.42. The topological polar surface area (TPSA) is 46.2 Å². The van der Waals surface area contributed by atoms with Crippen LogP contribution < -0.4 is 5.32 Å². The summed E-state index contributed by atoms with van der Waals surface area (Å²) in [4.78, 5) is 0.592. The Labute approximate surface area is 103 Å². The van der Waals surface area contributed by atoms with Gasteiger partial charge >= 0.3 is 0 Å². The van der Waals surface area contributed by atoms with E-state index in [1.807, 2.05) is 32.2 Å². The number of likely N-dealkylation sites (N-methyl/N-ethyl adjacent to an activating group) is 1. The first-order valence-electron chi connectivity index (χ1n) is 5.97. The van der Waals surface area contributed by atoms with Crippen LogP contribution in [0.25, 0.3) is 0 Å². The van der Waals surface area contributed by atoms with Crippen LogP contribution in [0.3, 0.4) is 0 Å². The lowest BCUT2D eigenvalue weighted by molar-refractivity contribution is 0.589. The molecule has 1 aliphatic heterocycles. The molecule has 1 aromatic carbocycles. The zero-order valence-electron chi connectivity index (χ0n) is 10.5. The first kappa shape index (κ1) is 12.6. The molecular weight excluding hydrogens is 234 g/mol. The Morgan fingerprint density at radius 2 is 2.18 bits per heavy atom. The van der Waals surface area contributed by atoms with Gasteiger partial charge in [0.05, 0.1) is 10.6 Å². The van der Waals surface area contributed by atoms with E-state index in [0.29, 0.717) is 4.90 Å². The van der Waals surface area contributed by atoms with Crippen LogP contribution >= 0.6 is 0 Å². The Kier molecular flexibility index (Phi) is 3.27. The highest BCUT2D eigenvalue weighted by atomic mass is 32.2. The van der Waals surface area contributed by atoms with E-state index < -0.39 is 9.84 Å². The van der Waals surface area contributed by atoms with E-state index in [-0.39, 0.29) is 17.7 Å². The van der Waals surface area contributed by atoms with Gasteiger partial charge in [-0.25, -0.2) is 8.42 Å². The van der Waals surface area contributed by atoms with Crippen molar-refractivity contribution >= 4 is 9.84 Å². The zero-order valence-corrected chi connectivity index (χ0v) is 11.3. The van der Waals surface area contributed by atoms with Crippen molar-refractivity contribution in [2.24, 2.45) is 0 Å². The van der Waals surface area contributed by atoms with Gasteiger partial charge < -0.3 is 5.32 Å². The van der Waals surface area contributed by atoms with Gasteiger partial charge in [-0.2, -0.15) is 0 Å². The number of rotatable bonds is 3. The van der Waals surface area contributed by atoms with E-state index >= 15 is 0 Å². The van der Waals surface area contributed by atoms with Crippen molar-refractivity contribution in [2.75, 3.05) is 12.8 Å². The molecule has 0 amide bonds. The minimum Gasteiger partial charge on any atom is -0.317 e. The summed E-state index contributed by atoms with van der Waals surface area (Å²) in [5, 5.41) is 3.15. The quantitative estimate of drug-likeness (QED) is 0.892. The Hall–Kier alpha value is -0.870. The summed E-state index contributed by atoms with van der Waals surface area (Å²) in [5.74, 6) is 0.382. The van der Waals surface area contributed by atoms with Gasteiger partial charge in [0.25, 0.3) is 0 Å². The van der Waals surface area contributed by atoms with Gasteiger partial charge in [-0.1, -0.05) is 25.1 Å². The van der Waals surface area contributed by atoms with Crippen molar-refractivity contribution in [3.8, 4) is 0 Å². The summed E-state index contributed by atoms with van der Waals surface area (Å²) in [6, 6.07) is 6.13. The van der Waals surface area contributed by atoms with Crippen LogP contribution in [0.2, 0.25) is 0 Å². The fraction of sp³-hybridized carbons (Fsp3) is 0.538. The van der Waals surface area contributed by atoms with E-state index in [0.717, 1.165) is 17.5 Å². The monoisotopic (exact) mass is 253 g/mol. The summed E-state index contributed by atoms with van der Waals surface area (Å²) in [7, 11) is -1.17. The Morgan fingerprint density at radius 1 is 1.47 bits per heavy atom. The molecule has 0 bridgehead atoms. The largest absolute Gasteiger partial charge is 0.317 e. The average Bonchev–Trinajstić information content (AvgIpc) is 2.50. The van der Waals surface area contributed by atoms with Crippen molar-refractivity contribution in [1.82, 2.24) is 5.32 Å². The lowest BCUT2D eigenvalue weighted by Gasteiger charge is -2.13. The van der Waals surface area contributed by atoms with Crippen LogP contribution in [0.5, 0.6) is 0 Å². The van der Waals surface area contributed by atoms with Crippen molar-refractivity contribution in [1.29, 1.82) is 0 Å². The molecule has 0 spiro atoms. The number of sulfone groups is 1. The molecule has 2 atom stereocenters. The van der Waals surface area contributed by atoms with E-state index in [2.05, 4.69) is 12.2 Å². The molecular formula is C13H19NO2S. The number of benzene rings is 1. The normalized spacial score (nSPS) is 23.4. The number of hydrogen-bond donors (Lipinski definition) is 1. The first-order valence-corrected chi connectivity index (χ1v) is 7.62. The molecule has 0 fully saturated rings. The molecule has 94 valence electrons. The van der Waals surface area contributed by atoms with E-state index in [1.54, 1.807) is 0 Å². The first-order chi connectivity index (χ1) is 7.95. The van der Waals surface area contributed by atoms with Crippen LogP contribution in [0.15, 0.2) is 23.1 Å². The molecule has 2 unspecified atom stereocenters. The van der Waals surface area contributed by atoms with Gasteiger partial charge in [0.15, 0.2) is 9.84 Å². The summed E-state index contributed by atoms with van der Waals surface area (Å²) in [6.45, 7) is 4.04. The zero-order chi connectivity index (χ0) is 12.6. The molecule has 0 aliphatic carbocycles. The third-order valence-electron chi connectivity index (χ3n) is 3.46. The summed E-state index contributed by atoms with van der Waals surface area (Å²) in [5.41, 5.74) is 1.94. The number of nitrogens with one attached hydrogen (secondary N) is 1. The second-order valence-corrected chi connectivity index (χ2v) is 6.88. The van der Waals surface area contributed by atoms with Gasteiger partial charge in [0.2, 0.25) is 0 Å². The molecule has 17 heavy (non-hydrogen) atoms. The average molecular weight is 253 g/mol. The maximum atomic E-state index is 12.1. The standard InChI is InChI=1S/C13H19NO2S/c1-9-8-17(15,16)13-11(7-10(2)14-3)5-4-6-12(9)13/h4-6,9-10,14H,7-8H2,1-3H3. The molecule has 1 heterocycles. The fourth-order valence-electron chi connectivity index (χ4n) is 2.47. The number of fused-ring (bicyclic) bond motifs is 1. The molecule has 1 N–H and O–H groups in total. The van der Waals surface area contributed by atoms with Crippen LogP contribution in [0.4, 0.5) is 0 Å². The van der Waals surface area contributed by atoms with Crippen LogP contribution in [0.1, 0.15) is 30.9 Å². The third kappa shape index (κ3) is 2.24. The molecule has 1 aliphatic rings. The predicted molar refractivity (Wildman–Crippen MR) is 69.1 cm³/mol. The second-order valence-electron chi connectivity index (χ2n) is 4.91. The Balaban J connectivity index is 2.50. The SMILES string of the molecule is CNC(C)Cc1cccc2c1S(=O)(=O)CC2C. The lowest BCUT2D eigenvalue weighted by Crippen LogP contribution is -2.24. The highest BCUT2D eigenvalue weighted by Crippen LogP contribution is 2.37. The van der Waals surface area contributed by atoms with E-state index in [9.17, 15) is 8.42 Å². The Bertz CT molecular complexity index is 522. The van der Waals surface area contributed by atoms with Crippen molar-refractivity contribution < 1.29 is 8.42 Å². The van der Waals surface area contributed by atoms with Gasteiger partial charge in [-0.15, -0.1) is 0 Å². The number of hydrogen-bond acceptors (Lipinski definition) is 3. The minimum absolute atomic E-state index is 0.125. The third-order valence-corrected chi connectivity index (χ3v) is 5.52. The summed E-state index contributed by atoms with van der Waals surface area (Å²) >= 11 is 0. The lowest BCUT2D eigenvalue weighted by atomic mass is 9.98. The van der Waals surface area contributed by atoms with Gasteiger partial charge in [0.1, 0.15) is 0 Å². The summed E-state index contributed by atoms with van der Waals surface area (Å²) in [6.07, 6.45) is 0.756. The molecule has 0 saturated heterocycles. The molecule has 0 radical (unpaired) electrons. The van der Waals surface area contributed by atoms with Crippen LogP contribution in [-0.4, -0.2) is 27.3 Å². The molecule has 1 aromatic rings. The minimum atomic E-state index is -3.07. The predicted octanol–water partition coefficient (Wildman–Crippen LogP) is 1.73. The van der Waals surface area contributed by atoms with E-state index in [1.165, 1.54) is 0 Å². The maximum Gasteiger partial charge on any atom is 0.179 e. The summed E-state index contributed by atoms with van der Waals surface area (Å²) < 4.78 is 24.3.